The van der Waals surface area contributed by atoms with Gasteiger partial charge < -0.3 is 0 Å². The fraction of sp³-hybridized carbons (Fsp3) is 0.857. The molecule has 0 rings (SSSR count). The summed E-state index contributed by atoms with van der Waals surface area (Å²) in [6, 6.07) is 0. The van der Waals surface area contributed by atoms with E-state index in [4.69, 9.17) is 0 Å². The predicted molar refractivity (Wildman–Crippen MR) is 39.8 cm³/mol. The van der Waals surface area contributed by atoms with E-state index in [0.29, 0.717) is 0 Å². The Kier molecular flexibility index (Phi) is 4.41. The molecule has 0 amide bonds. The molecule has 13 heteroatoms. The number of aliphatic imine (C=N–C) groups is 1. The highest BCUT2D eigenvalue weighted by molar-refractivity contribution is 5.90. The molecule has 0 aromatic rings. The summed E-state index contributed by atoms with van der Waals surface area (Å²) < 4.78 is 146. The quantitative estimate of drug-likeness (QED) is 0.378. The molecule has 0 aromatic carbocycles. The van der Waals surface area contributed by atoms with Crippen LogP contribution in [0.4, 0.5) is 52.7 Å². The average Bonchev–Trinajstić information content (AvgIpc) is 1.88. The van der Waals surface area contributed by atoms with Crippen LogP contribution in [0, 0.1) is 5.41 Å². The molecule has 0 N–H and O–H groups in total. The first kappa shape index (κ1) is 18.8. The highest BCUT2D eigenvalue weighted by Gasteiger charge is 2.85. The minimum absolute atomic E-state index is 0.637. The van der Waals surface area contributed by atoms with E-state index in [1.165, 1.54) is 0 Å². The maximum atomic E-state index is 12.3. The van der Waals surface area contributed by atoms with Crippen molar-refractivity contribution >= 4 is 5.71 Å². The van der Waals surface area contributed by atoms with Crippen LogP contribution >= 0.6 is 0 Å². The maximum absolute atomic E-state index is 12.3. The van der Waals surface area contributed by atoms with Crippen LogP contribution < -0.4 is 0 Å². The van der Waals surface area contributed by atoms with Gasteiger partial charge in [0.1, 0.15) is 0 Å². The van der Waals surface area contributed by atoms with E-state index in [1.54, 1.807) is 0 Å². The first-order valence-corrected chi connectivity index (χ1v) is 4.22. The van der Waals surface area contributed by atoms with Crippen molar-refractivity contribution in [1.82, 2.24) is 0 Å². The molecule has 0 aliphatic carbocycles. The lowest BCUT2D eigenvalue weighted by molar-refractivity contribution is -0.397. The van der Waals surface area contributed by atoms with Crippen molar-refractivity contribution < 1.29 is 52.7 Å². The molecule has 0 spiro atoms. The third-order valence-electron chi connectivity index (χ3n) is 2.11. The van der Waals surface area contributed by atoms with Gasteiger partial charge >= 0.3 is 24.8 Å². The summed E-state index contributed by atoms with van der Waals surface area (Å²) in [4.78, 5) is 0.938. The van der Waals surface area contributed by atoms with Gasteiger partial charge in [-0.25, -0.2) is 0 Å². The molecule has 0 unspecified atom stereocenters. The van der Waals surface area contributed by atoms with Crippen molar-refractivity contribution in [1.29, 1.82) is 0 Å². The van der Waals surface area contributed by atoms with Crippen molar-refractivity contribution in [3.63, 3.8) is 0 Å². The van der Waals surface area contributed by atoms with Crippen LogP contribution in [0.3, 0.4) is 0 Å². The normalized spacial score (nSPS) is 16.6. The molecule has 0 aromatic heterocycles. The Morgan fingerprint density at radius 1 is 0.600 bits per heavy atom. The van der Waals surface area contributed by atoms with Gasteiger partial charge in [0.15, 0.2) is 0 Å². The Morgan fingerprint density at radius 3 is 1.00 bits per heavy atom. The summed E-state index contributed by atoms with van der Waals surface area (Å²) in [5, 5.41) is 0. The van der Waals surface area contributed by atoms with E-state index in [2.05, 4.69) is 0 Å². The van der Waals surface area contributed by atoms with E-state index in [9.17, 15) is 52.7 Å². The first-order chi connectivity index (χ1) is 8.38. The average molecular weight is 329 g/mol. The molecular formula is C7H3F12N. The molecule has 0 aliphatic heterocycles. The van der Waals surface area contributed by atoms with Crippen LogP contribution in [0.2, 0.25) is 0 Å². The van der Waals surface area contributed by atoms with Gasteiger partial charge in [-0.05, 0) is 6.92 Å². The molecule has 120 valence electrons. The second-order valence-corrected chi connectivity index (χ2v) is 3.41. The van der Waals surface area contributed by atoms with Crippen LogP contribution in [-0.2, 0) is 0 Å². The van der Waals surface area contributed by atoms with Crippen LogP contribution in [0.1, 0.15) is 6.92 Å². The number of halogens is 12. The summed E-state index contributed by atoms with van der Waals surface area (Å²) in [5.74, 6) is 0. The molecular weight excluding hydrogens is 326 g/mol. The molecule has 0 radical (unpaired) electrons. The van der Waals surface area contributed by atoms with Gasteiger partial charge in [-0.2, -0.15) is 44.5 Å². The van der Waals surface area contributed by atoms with Crippen molar-refractivity contribution in [2.75, 3.05) is 0 Å². The van der Waals surface area contributed by atoms with Crippen LogP contribution in [0.15, 0.2) is 4.99 Å². The van der Waals surface area contributed by atoms with Crippen LogP contribution in [0.5, 0.6) is 0 Å². The van der Waals surface area contributed by atoms with Crippen molar-refractivity contribution in [3.05, 3.63) is 0 Å². The smallest absolute Gasteiger partial charge is 0.192 e. The fourth-order valence-electron chi connectivity index (χ4n) is 1.37. The Bertz CT molecular complexity index is 341. The Hall–Kier alpha value is -1.17. The predicted octanol–water partition coefficient (Wildman–Crippen LogP) is 4.64. The Morgan fingerprint density at radius 2 is 0.850 bits per heavy atom. The highest BCUT2D eigenvalue weighted by atomic mass is 19.4. The van der Waals surface area contributed by atoms with Gasteiger partial charge in [0, 0.05) is 0 Å². The fourth-order valence-corrected chi connectivity index (χ4v) is 1.37. The molecule has 1 nitrogen and oxygen atoms in total. The summed E-state index contributed by atoms with van der Waals surface area (Å²) in [5.41, 5.74) is -9.90. The van der Waals surface area contributed by atoms with Gasteiger partial charge in [0.25, 0.3) is 5.41 Å². The van der Waals surface area contributed by atoms with E-state index >= 15 is 0 Å². The number of hydrogen-bond donors (Lipinski definition) is 0. The second kappa shape index (κ2) is 4.69. The summed E-state index contributed by atoms with van der Waals surface area (Å²) in [6.07, 6.45) is -27.4. The van der Waals surface area contributed by atoms with E-state index in [0.717, 1.165) is 4.99 Å². The standard InChI is InChI=1S/C7H3F12N/c1-2(20-7(17,18)19)3(4(8,9)10,5(11,12)13)6(14,15)16/h1H3/b20-2+. The zero-order valence-electron chi connectivity index (χ0n) is 8.98. The molecule has 20 heavy (non-hydrogen) atoms. The topological polar surface area (TPSA) is 12.4 Å². The monoisotopic (exact) mass is 329 g/mol. The van der Waals surface area contributed by atoms with Gasteiger partial charge in [0.2, 0.25) is 0 Å². The zero-order valence-corrected chi connectivity index (χ0v) is 8.98. The molecule has 0 saturated heterocycles. The second-order valence-electron chi connectivity index (χ2n) is 3.41. The molecule has 0 bridgehead atoms. The minimum atomic E-state index is -7.11. The summed E-state index contributed by atoms with van der Waals surface area (Å²) >= 11 is 0. The van der Waals surface area contributed by atoms with Gasteiger partial charge in [-0.3, -0.25) is 0 Å². The lowest BCUT2D eigenvalue weighted by atomic mass is 9.80. The van der Waals surface area contributed by atoms with Crippen molar-refractivity contribution in [3.8, 4) is 0 Å². The van der Waals surface area contributed by atoms with E-state index < -0.39 is 42.9 Å². The van der Waals surface area contributed by atoms with Gasteiger partial charge in [-0.1, -0.05) is 0 Å². The van der Waals surface area contributed by atoms with Gasteiger partial charge in [0.05, 0.1) is 5.71 Å². The van der Waals surface area contributed by atoms with Crippen molar-refractivity contribution in [2.24, 2.45) is 10.4 Å². The summed E-state index contributed by atoms with van der Waals surface area (Å²) in [6.45, 7) is -0.637. The first-order valence-electron chi connectivity index (χ1n) is 4.22. The molecule has 0 saturated carbocycles. The zero-order chi connectivity index (χ0) is 16.8. The summed E-state index contributed by atoms with van der Waals surface area (Å²) in [7, 11) is 0. The molecule has 0 aliphatic rings. The molecule has 0 heterocycles. The number of alkyl halides is 12. The van der Waals surface area contributed by atoms with E-state index in [-0.39, 0.29) is 0 Å². The number of hydrogen-bond acceptors (Lipinski definition) is 1. The largest absolute Gasteiger partial charge is 0.503 e. The molecule has 0 fully saturated rings. The maximum Gasteiger partial charge on any atom is 0.503 e. The lowest BCUT2D eigenvalue weighted by Crippen LogP contribution is -2.63. The van der Waals surface area contributed by atoms with Crippen LogP contribution in [-0.4, -0.2) is 30.5 Å². The third kappa shape index (κ3) is 3.11. The highest BCUT2D eigenvalue weighted by Crippen LogP contribution is 2.60. The Balaban J connectivity index is 6.58. The van der Waals surface area contributed by atoms with Crippen molar-refractivity contribution in [2.45, 2.75) is 31.8 Å². The van der Waals surface area contributed by atoms with Crippen LogP contribution in [0.25, 0.3) is 0 Å². The van der Waals surface area contributed by atoms with Gasteiger partial charge in [-0.15, -0.1) is 13.2 Å². The Labute approximate surface area is 102 Å². The lowest BCUT2D eigenvalue weighted by Gasteiger charge is -2.38. The van der Waals surface area contributed by atoms with E-state index in [1.807, 2.05) is 0 Å². The third-order valence-corrected chi connectivity index (χ3v) is 2.11. The molecule has 0 atom stereocenters. The minimum Gasteiger partial charge on any atom is -0.192 e. The number of nitrogens with zero attached hydrogens (tertiary/aromatic N) is 1. The number of rotatable bonds is 1. The SMILES string of the molecule is C/C(=N\C(F)(F)F)C(C(F)(F)F)(C(F)(F)F)C(F)(F)F.